The molecule has 11 heteroatoms. The average Bonchev–Trinajstić information content (AvgIpc) is 3.38. The van der Waals surface area contributed by atoms with Crippen LogP contribution in [0.15, 0.2) is 36.7 Å². The number of carbonyl (C=O) groups is 1. The zero-order chi connectivity index (χ0) is 34.5. The molecule has 1 atom stereocenters. The number of nitrogens with zero attached hydrogens (tertiary/aromatic N) is 5. The Morgan fingerprint density at radius 3 is 2.39 bits per heavy atom. The molecular formula is C38H52N8O3. The zero-order valence-electron chi connectivity index (χ0n) is 29.4. The molecule has 1 spiro atoms. The smallest absolute Gasteiger partial charge is 0.410 e. The van der Waals surface area contributed by atoms with Gasteiger partial charge < -0.3 is 41.0 Å². The van der Waals surface area contributed by atoms with E-state index >= 15 is 0 Å². The number of fused-ring (bicyclic) bond motifs is 1. The summed E-state index contributed by atoms with van der Waals surface area (Å²) in [6.45, 7) is 12.6. The van der Waals surface area contributed by atoms with E-state index in [2.05, 4.69) is 21.7 Å². The molecule has 0 bridgehead atoms. The van der Waals surface area contributed by atoms with Crippen molar-refractivity contribution in [1.82, 2.24) is 24.8 Å². The summed E-state index contributed by atoms with van der Waals surface area (Å²) < 4.78 is 5.60. The minimum absolute atomic E-state index is 0.00914. The molecular weight excluding hydrogens is 616 g/mol. The molecule has 11 nitrogen and oxygen atoms in total. The Morgan fingerprint density at radius 1 is 1.06 bits per heavy atom. The topological polar surface area (TPSA) is 150 Å². The van der Waals surface area contributed by atoms with Crippen molar-refractivity contribution in [2.24, 2.45) is 11.1 Å². The van der Waals surface area contributed by atoms with Gasteiger partial charge in [0.15, 0.2) is 0 Å². The fourth-order valence-corrected chi connectivity index (χ4v) is 8.63. The van der Waals surface area contributed by atoms with Crippen molar-refractivity contribution in [3.05, 3.63) is 64.6 Å². The molecule has 3 aliphatic heterocycles. The van der Waals surface area contributed by atoms with Crippen LogP contribution in [0.4, 0.5) is 16.6 Å². The van der Waals surface area contributed by atoms with E-state index in [0.29, 0.717) is 34.5 Å². The third-order valence-corrected chi connectivity index (χ3v) is 11.4. The predicted molar refractivity (Wildman–Crippen MR) is 193 cm³/mol. The summed E-state index contributed by atoms with van der Waals surface area (Å²) >= 11 is 0. The number of nitrogen functional groups attached to an aromatic ring is 1. The van der Waals surface area contributed by atoms with Crippen molar-refractivity contribution in [3.8, 4) is 5.75 Å². The molecule has 1 amide bonds. The van der Waals surface area contributed by atoms with Crippen LogP contribution in [0, 0.1) is 5.41 Å². The number of hydrogen-bond donors (Lipinski definition) is 4. The van der Waals surface area contributed by atoms with Crippen molar-refractivity contribution in [2.75, 3.05) is 43.4 Å². The minimum Gasteiger partial charge on any atom is -0.507 e. The number of hydrogen-bond acceptors (Lipinski definition) is 9. The molecule has 4 aliphatic rings. The summed E-state index contributed by atoms with van der Waals surface area (Å²) in [4.78, 5) is 32.5. The lowest BCUT2D eigenvalue weighted by Gasteiger charge is -2.56. The van der Waals surface area contributed by atoms with E-state index in [1.54, 1.807) is 18.2 Å². The maximum absolute atomic E-state index is 12.5. The van der Waals surface area contributed by atoms with Crippen molar-refractivity contribution in [1.29, 1.82) is 0 Å². The number of aromatic hydroxyl groups is 1. The number of amides is 1. The van der Waals surface area contributed by atoms with Crippen molar-refractivity contribution >= 4 is 29.6 Å². The van der Waals surface area contributed by atoms with Gasteiger partial charge in [-0.3, -0.25) is 0 Å². The van der Waals surface area contributed by atoms with Crippen molar-refractivity contribution in [2.45, 2.75) is 96.2 Å². The second kappa shape index (κ2) is 12.9. The quantitative estimate of drug-likeness (QED) is 0.256. The summed E-state index contributed by atoms with van der Waals surface area (Å²) in [5.41, 5.74) is 18.1. The highest BCUT2D eigenvalue weighted by Crippen LogP contribution is 2.52. The fraction of sp³-hybridized carbons (Fsp3) is 0.553. The number of nitrogens with two attached hydrogens (primary N) is 2. The van der Waals surface area contributed by atoms with Gasteiger partial charge in [0.25, 0.3) is 0 Å². The third kappa shape index (κ3) is 6.69. The second-order valence-electron chi connectivity index (χ2n) is 15.7. The van der Waals surface area contributed by atoms with E-state index in [1.165, 1.54) is 18.4 Å². The summed E-state index contributed by atoms with van der Waals surface area (Å²) in [5, 5.41) is 10.3. The van der Waals surface area contributed by atoms with Crippen LogP contribution >= 0.6 is 0 Å². The van der Waals surface area contributed by atoms with Crippen molar-refractivity contribution in [3.63, 3.8) is 0 Å². The number of phenols is 1. The standard InChI is InChI=1S/C38H52N8O3/c1-24-33-29(19-30(39)28-7-5-6-8-32(28)47)34(40)43-31(33)11-16-46(24)35-41-22-26(23-42-35)25-9-14-44(15-10-25)27-20-38(21-27)12-17-45(18-13-38)36(48)49-37(2,3)4/h5-8,19,22-25,27,43,47H,9-18,20-21,39-40H2,1-4H3/b30-19-. The molecule has 3 aromatic rings. The van der Waals surface area contributed by atoms with Crippen LogP contribution < -0.4 is 16.4 Å². The number of ether oxygens (including phenoxy) is 1. The van der Waals surface area contributed by atoms with E-state index in [9.17, 15) is 9.90 Å². The molecule has 262 valence electrons. The first-order valence-corrected chi connectivity index (χ1v) is 18.0. The number of rotatable bonds is 5. The van der Waals surface area contributed by atoms with Gasteiger partial charge >= 0.3 is 6.09 Å². The lowest BCUT2D eigenvalue weighted by Crippen LogP contribution is -2.57. The number of phenolic OH excluding ortho intramolecular Hbond substituents is 1. The van der Waals surface area contributed by atoms with Gasteiger partial charge in [0.05, 0.1) is 6.04 Å². The number of aromatic nitrogens is 3. The van der Waals surface area contributed by atoms with E-state index in [0.717, 1.165) is 87.6 Å². The Balaban J connectivity index is 0.931. The molecule has 0 radical (unpaired) electrons. The average molecular weight is 669 g/mol. The van der Waals surface area contributed by atoms with Crippen LogP contribution in [0.25, 0.3) is 11.8 Å². The van der Waals surface area contributed by atoms with Crippen molar-refractivity contribution < 1.29 is 14.6 Å². The van der Waals surface area contributed by atoms with Gasteiger partial charge in [-0.1, -0.05) is 12.1 Å². The normalized spacial score (nSPS) is 22.2. The van der Waals surface area contributed by atoms with E-state index in [-0.39, 0.29) is 17.9 Å². The Labute approximate surface area is 289 Å². The second-order valence-corrected chi connectivity index (χ2v) is 15.7. The number of benzene rings is 1. The monoisotopic (exact) mass is 668 g/mol. The van der Waals surface area contributed by atoms with Gasteiger partial charge in [-0.2, -0.15) is 0 Å². The lowest BCUT2D eigenvalue weighted by molar-refractivity contribution is -0.0530. The largest absolute Gasteiger partial charge is 0.507 e. The maximum Gasteiger partial charge on any atom is 0.410 e. The Kier molecular flexibility index (Phi) is 8.75. The molecule has 5 heterocycles. The number of para-hydroxylation sites is 1. The van der Waals surface area contributed by atoms with Gasteiger partial charge in [0.1, 0.15) is 17.2 Å². The number of nitrogens with one attached hydrogen (secondary N) is 1. The van der Waals surface area contributed by atoms with Gasteiger partial charge in [-0.05, 0) is 114 Å². The van der Waals surface area contributed by atoms with E-state index in [4.69, 9.17) is 26.2 Å². The summed E-state index contributed by atoms with van der Waals surface area (Å²) in [6, 6.07) is 7.71. The van der Waals surface area contributed by atoms with Crippen LogP contribution in [-0.4, -0.2) is 80.3 Å². The fourth-order valence-electron chi connectivity index (χ4n) is 8.63. The highest BCUT2D eigenvalue weighted by atomic mass is 16.6. The highest BCUT2D eigenvalue weighted by molar-refractivity contribution is 5.86. The van der Waals surface area contributed by atoms with E-state index in [1.807, 2.05) is 50.2 Å². The Bertz CT molecular complexity index is 1690. The molecule has 1 saturated carbocycles. The summed E-state index contributed by atoms with van der Waals surface area (Å²) in [5.74, 6) is 1.90. The van der Waals surface area contributed by atoms with Crippen LogP contribution in [-0.2, 0) is 11.2 Å². The number of anilines is 2. The number of H-pyrrole nitrogens is 1. The molecule has 1 unspecified atom stereocenters. The summed E-state index contributed by atoms with van der Waals surface area (Å²) in [7, 11) is 0. The van der Waals surface area contributed by atoms with Gasteiger partial charge in [0, 0.05) is 72.6 Å². The molecule has 1 aliphatic carbocycles. The molecule has 49 heavy (non-hydrogen) atoms. The SMILES string of the molecule is CC1c2c([nH]c(N)c2/C=C(\N)c2ccccc2O)CCN1c1ncc(C2CCN(C3CC4(CCN(C(=O)OC(C)(C)C)CC4)C3)CC2)cn1. The lowest BCUT2D eigenvalue weighted by atomic mass is 9.59. The number of carbonyl (C=O) groups excluding carboxylic acids is 1. The number of likely N-dealkylation sites (tertiary alicyclic amines) is 2. The number of aromatic amines is 1. The first kappa shape index (κ1) is 33.3. The van der Waals surface area contributed by atoms with Crippen LogP contribution in [0.1, 0.15) is 106 Å². The Morgan fingerprint density at radius 2 is 1.73 bits per heavy atom. The molecule has 7 rings (SSSR count). The van der Waals surface area contributed by atoms with Crippen LogP contribution in [0.3, 0.4) is 0 Å². The molecule has 2 saturated heterocycles. The first-order valence-electron chi connectivity index (χ1n) is 18.0. The highest BCUT2D eigenvalue weighted by Gasteiger charge is 2.49. The van der Waals surface area contributed by atoms with Crippen LogP contribution in [0.2, 0.25) is 0 Å². The van der Waals surface area contributed by atoms with E-state index < -0.39 is 5.60 Å². The van der Waals surface area contributed by atoms with Gasteiger partial charge in [-0.15, -0.1) is 0 Å². The molecule has 1 aromatic carbocycles. The Hall–Kier alpha value is -4.25. The minimum atomic E-state index is -0.447. The maximum atomic E-state index is 12.5. The first-order chi connectivity index (χ1) is 23.4. The predicted octanol–water partition coefficient (Wildman–Crippen LogP) is 6.03. The summed E-state index contributed by atoms with van der Waals surface area (Å²) in [6.07, 6.45) is 13.5. The van der Waals surface area contributed by atoms with Gasteiger partial charge in [-0.25, -0.2) is 14.8 Å². The van der Waals surface area contributed by atoms with Gasteiger partial charge in [0.2, 0.25) is 5.95 Å². The van der Waals surface area contributed by atoms with Crippen LogP contribution in [0.5, 0.6) is 5.75 Å². The molecule has 3 fully saturated rings. The zero-order valence-corrected chi connectivity index (χ0v) is 29.4. The third-order valence-electron chi connectivity index (χ3n) is 11.4. The molecule has 2 aromatic heterocycles. The number of piperidine rings is 2. The molecule has 6 N–H and O–H groups in total.